The number of pyridine rings is 6. The third-order valence-corrected chi connectivity index (χ3v) is 23.9. The van der Waals surface area contributed by atoms with Crippen molar-refractivity contribution in [3.05, 3.63) is 191 Å². The van der Waals surface area contributed by atoms with Crippen molar-refractivity contribution in [2.24, 2.45) is 15.3 Å². The number of sulfonamides is 2. The van der Waals surface area contributed by atoms with Gasteiger partial charge in [0.25, 0.3) is 36.9 Å². The van der Waals surface area contributed by atoms with Crippen molar-refractivity contribution in [1.29, 1.82) is 0 Å². The highest BCUT2D eigenvalue weighted by Crippen LogP contribution is 2.51. The van der Waals surface area contributed by atoms with Gasteiger partial charge in [-0.15, -0.1) is 0 Å². The Hall–Kier alpha value is -12.3. The van der Waals surface area contributed by atoms with Crippen LogP contribution in [0, 0.1) is 20.2 Å². The van der Waals surface area contributed by atoms with Crippen LogP contribution in [0.4, 0.5) is 17.1 Å². The molecule has 0 fully saturated rings. The van der Waals surface area contributed by atoms with E-state index in [0.29, 0.717) is 64.1 Å². The lowest BCUT2D eigenvalue weighted by Crippen LogP contribution is -2.45. The second kappa shape index (κ2) is 31.5. The van der Waals surface area contributed by atoms with Crippen molar-refractivity contribution in [1.82, 2.24) is 42.9 Å². The number of nitrogens with one attached hydrogen (secondary N) is 1. The summed E-state index contributed by atoms with van der Waals surface area (Å²) in [5, 5.41) is 81.6. The molecule has 0 bridgehead atoms. The lowest BCUT2D eigenvalue weighted by atomic mass is 9.84. The summed E-state index contributed by atoms with van der Waals surface area (Å²) >= 11 is 0. The van der Waals surface area contributed by atoms with Gasteiger partial charge in [0.05, 0.1) is 174 Å². The molecule has 0 radical (unpaired) electrons. The van der Waals surface area contributed by atoms with E-state index in [-0.39, 0.29) is 138 Å². The molecular weight excluding hydrogens is 1650 g/mol. The highest BCUT2D eigenvalue weighted by Gasteiger charge is 2.55. The van der Waals surface area contributed by atoms with Gasteiger partial charge < -0.3 is 50.4 Å². The zero-order chi connectivity index (χ0) is 86.3. The van der Waals surface area contributed by atoms with Crippen molar-refractivity contribution in [2.45, 2.75) is 96.3 Å². The quantitative estimate of drug-likeness (QED) is 0.0101. The maximum absolute atomic E-state index is 13.7. The molecule has 6 aliphatic heterocycles. The molecule has 6 aliphatic rings. The molecule has 6 aromatic heterocycles. The van der Waals surface area contributed by atoms with Crippen LogP contribution in [0.15, 0.2) is 102 Å². The largest absolute Gasteiger partial charge is 0.458 e. The highest BCUT2D eigenvalue weighted by molar-refractivity contribution is 7.88. The lowest BCUT2D eigenvalue weighted by Gasteiger charge is -2.33. The average Bonchev–Trinajstić information content (AvgIpc) is 1.60. The number of ether oxygens (including phenoxy) is 3. The van der Waals surface area contributed by atoms with Gasteiger partial charge >= 0.3 is 29.3 Å². The molecule has 0 spiro atoms. The van der Waals surface area contributed by atoms with Crippen LogP contribution in [0.2, 0.25) is 0 Å². The van der Waals surface area contributed by atoms with Gasteiger partial charge in [-0.25, -0.2) is 46.2 Å². The van der Waals surface area contributed by atoms with Gasteiger partial charge in [0.2, 0.25) is 20.0 Å². The minimum atomic E-state index is -4.00. The molecule has 0 saturated carbocycles. The number of fused-ring (bicyclic) bond motifs is 15. The predicted octanol–water partition coefficient (Wildman–Crippen LogP) is 1.70. The molecule has 7 N–H and O–H groups in total. The number of anilines is 1. The smallest absolute Gasteiger partial charge is 0.343 e. The minimum absolute atomic E-state index is 0.000321. The van der Waals surface area contributed by atoms with Crippen LogP contribution in [0.5, 0.6) is 0 Å². The Bertz CT molecular complexity index is 6690. The molecule has 3 atom stereocenters. The molecule has 15 rings (SSSR count). The topological polar surface area (TPSA) is 587 Å². The summed E-state index contributed by atoms with van der Waals surface area (Å²) in [7, 11) is -15.6. The lowest BCUT2D eigenvalue weighted by molar-refractivity contribution is -0.386. The number of para-hydroxylation sites is 3. The fourth-order valence-corrected chi connectivity index (χ4v) is 17.1. The van der Waals surface area contributed by atoms with Crippen LogP contribution < -0.4 is 27.8 Å². The van der Waals surface area contributed by atoms with E-state index in [4.69, 9.17) is 30.0 Å². The molecule has 46 heteroatoms. The zero-order valence-electron chi connectivity index (χ0n) is 64.0. The van der Waals surface area contributed by atoms with Crippen LogP contribution in [-0.2, 0) is 134 Å². The summed E-state index contributed by atoms with van der Waals surface area (Å²) in [6, 6.07) is 20.7. The number of hydrazone groups is 3. The summed E-state index contributed by atoms with van der Waals surface area (Å²) in [5.74, 6) is -3.05. The Morgan fingerprint density at radius 2 is 0.840 bits per heavy atom. The molecule has 626 valence electrons. The maximum atomic E-state index is 13.7. The van der Waals surface area contributed by atoms with E-state index in [1.165, 1.54) is 41.6 Å². The fraction of sp³-hybridized carbons (Fsp3) is 0.342. The number of nitrogens with zero attached hydrogens (tertiary/aromatic N) is 13. The van der Waals surface area contributed by atoms with Gasteiger partial charge in [0, 0.05) is 55.1 Å². The number of nitro groups is 2. The van der Waals surface area contributed by atoms with E-state index in [9.17, 15) is 98.0 Å². The van der Waals surface area contributed by atoms with Gasteiger partial charge in [0.15, 0.2) is 16.8 Å². The molecule has 0 unspecified atom stereocenters. The second-order valence-electron chi connectivity index (χ2n) is 27.9. The second-order valence-corrected chi connectivity index (χ2v) is 35.0. The number of cyclic esters (lactones) is 3. The number of benzene rings is 3. The minimum Gasteiger partial charge on any atom is -0.458 e. The number of aliphatic hydroxyl groups is 4. The third-order valence-electron chi connectivity index (χ3n) is 20.7. The average molecular weight is 1720 g/mol. The van der Waals surface area contributed by atoms with Crippen molar-refractivity contribution >= 4 is 127 Å². The first kappa shape index (κ1) is 84.6. The molecule has 0 saturated heterocycles. The third kappa shape index (κ3) is 15.1. The number of nitrogens with two attached hydrogens (primary N) is 1. The normalized spacial score (nSPS) is 18.2. The number of hydrogen-bond acceptors (Lipinski definition) is 35. The molecule has 3 aromatic carbocycles. The Kier molecular flexibility index (Phi) is 22.4. The number of hydrogen-bond donors (Lipinski definition) is 6. The number of esters is 3. The number of aliphatic hydroxyl groups excluding tert-OH is 1. The van der Waals surface area contributed by atoms with Crippen LogP contribution in [-0.4, -0.2) is 202 Å². The number of carbonyl (C=O) groups excluding carboxylic acids is 3. The van der Waals surface area contributed by atoms with Crippen molar-refractivity contribution in [3.63, 3.8) is 0 Å². The summed E-state index contributed by atoms with van der Waals surface area (Å²) in [6.45, 7) is 1.14. The monoisotopic (exact) mass is 1720 g/mol. The van der Waals surface area contributed by atoms with Crippen LogP contribution in [0.3, 0.4) is 0 Å². The van der Waals surface area contributed by atoms with E-state index in [2.05, 4.69) is 39.1 Å². The van der Waals surface area contributed by atoms with Crippen LogP contribution >= 0.6 is 0 Å². The molecule has 12 heterocycles. The maximum Gasteiger partial charge on any atom is 0.343 e. The number of aromatic nitrogens is 6. The SMILES string of the molecule is CC[C@@]1(O)C(=O)OCc2c1c(N)c1n(c2=O)Cc2c-1nc1ccccc1c2/C=N/N(CCOS(C)(=O)=O)S(C)(=O)=O.CC[C@@]1(O)C(=O)OCc2c1c([N+](=O)[O-])c1n(c2=O)Cc2c-1nc1ccccc1c2/C=N/N(CCOS(C)(=O)=O)S(C)(=O)=O.CC[C@@]1(O)C(=O)OCc2c1c([N+](=O)[O-])c1n(c2=O)Cc2c-1nc1ccccc1c2/C=N/NCCO. The molecular formula is C73H73N15O27S4. The summed E-state index contributed by atoms with van der Waals surface area (Å²) in [5.41, 5.74) is 2.73. The zero-order valence-corrected chi connectivity index (χ0v) is 67.2. The molecule has 119 heavy (non-hydrogen) atoms. The fourth-order valence-electron chi connectivity index (χ4n) is 15.1. The summed E-state index contributed by atoms with van der Waals surface area (Å²) in [6.07, 6.45) is 6.85. The number of rotatable bonds is 23. The van der Waals surface area contributed by atoms with Gasteiger partial charge in [-0.2, -0.15) is 41.0 Å². The Morgan fingerprint density at radius 1 is 0.521 bits per heavy atom. The Balaban J connectivity index is 0.000000155. The van der Waals surface area contributed by atoms with Gasteiger partial charge in [-0.05, 0) is 37.5 Å². The summed E-state index contributed by atoms with van der Waals surface area (Å²) in [4.78, 5) is 116. The standard InChI is InChI=1S/C25H25N5O11S2.C25H27N5O9S2.C23H21N5O7/c1-4-25(33)19-17(13-40-24(25)32)23(31)28-12-16-15(11-26-29(42(2,36)37)9-10-41-43(3,38)39)14-7-5-6-8-18(14)27-20(16)22(28)21(19)30(34)35;1-4-25(33)19-17(13-38-24(25)32)23(31)29-12-16-15(11-27-30(40(2,34)35)9-10-39-41(3,36)37)14-7-5-6-8-18(14)28-21(16)22(29)20(19)26;1-2-23(32)17-15(11-35-22(23)31)21(30)27-10-14-13(9-25-24-7-8-29)12-5-3-4-6-16(12)26-18(14)20(27)19(17)28(33)34/h5-8,11,33H,4,9-10,12-13H2,1-3H3;5-8,11,33H,4,9-10,12-13,26H2,1-3H3;3-6,9,24,29,32H,2,7-8,10-11H2,1H3/b26-11+;27-11+;25-9+/t2*25-;23-/m000/s1. The predicted molar refractivity (Wildman–Crippen MR) is 424 cm³/mol. The van der Waals surface area contributed by atoms with E-state index in [0.717, 1.165) is 35.0 Å². The molecule has 0 aliphatic carbocycles. The summed E-state index contributed by atoms with van der Waals surface area (Å²) < 4.78 is 125. The van der Waals surface area contributed by atoms with Crippen molar-refractivity contribution in [3.8, 4) is 34.2 Å². The molecule has 42 nitrogen and oxygen atoms in total. The van der Waals surface area contributed by atoms with Crippen molar-refractivity contribution < 1.29 is 101 Å². The van der Waals surface area contributed by atoms with Gasteiger partial charge in [-0.3, -0.25) is 52.1 Å². The highest BCUT2D eigenvalue weighted by atomic mass is 32.2. The van der Waals surface area contributed by atoms with E-state index in [1.807, 2.05) is 12.1 Å². The van der Waals surface area contributed by atoms with Crippen LogP contribution in [0.1, 0.15) is 107 Å². The number of nitrogen functional groups attached to an aromatic ring is 1. The van der Waals surface area contributed by atoms with Gasteiger partial charge in [0.1, 0.15) is 42.6 Å². The van der Waals surface area contributed by atoms with E-state index < -0.39 is 151 Å². The Morgan fingerprint density at radius 3 is 1.17 bits per heavy atom. The first-order valence-corrected chi connectivity index (χ1v) is 43.4. The van der Waals surface area contributed by atoms with Gasteiger partial charge in [-0.1, -0.05) is 75.4 Å². The first-order valence-electron chi connectivity index (χ1n) is 36.1. The Labute approximate surface area is 673 Å². The molecule has 0 amide bonds. The van der Waals surface area contributed by atoms with Crippen LogP contribution in [0.25, 0.3) is 66.9 Å². The van der Waals surface area contributed by atoms with Crippen molar-refractivity contribution in [2.75, 3.05) is 70.2 Å². The molecule has 9 aromatic rings. The van der Waals surface area contributed by atoms with E-state index in [1.54, 1.807) is 67.6 Å². The van der Waals surface area contributed by atoms with E-state index >= 15 is 0 Å². The first-order chi connectivity index (χ1) is 56.1. The number of carbonyl (C=O) groups is 3.